The lowest BCUT2D eigenvalue weighted by atomic mass is 10.2. The molecule has 0 spiro atoms. The summed E-state index contributed by atoms with van der Waals surface area (Å²) in [5.41, 5.74) is 2.65. The summed E-state index contributed by atoms with van der Waals surface area (Å²) in [6.07, 6.45) is 8.17. The van der Waals surface area contributed by atoms with Gasteiger partial charge in [-0.1, -0.05) is 24.3 Å². The van der Waals surface area contributed by atoms with Gasteiger partial charge in [-0.3, -0.25) is 0 Å². The Hall–Kier alpha value is -3.67. The number of carbonyl (C=O) groups excluding carboxylic acids is 2. The van der Waals surface area contributed by atoms with Gasteiger partial charge in [-0.15, -0.1) is 0 Å². The predicted octanol–water partition coefficient (Wildman–Crippen LogP) is 3.65. The van der Waals surface area contributed by atoms with Gasteiger partial charge in [0.15, 0.2) is 12.3 Å². The van der Waals surface area contributed by atoms with Crippen LogP contribution in [-0.2, 0) is 16.1 Å². The molecule has 0 unspecified atom stereocenters. The normalized spacial score (nSPS) is 14.5. The largest absolute Gasteiger partial charge is 0.439 e. The second-order valence-corrected chi connectivity index (χ2v) is 6.56. The van der Waals surface area contributed by atoms with E-state index in [2.05, 4.69) is 0 Å². The van der Waals surface area contributed by atoms with E-state index in [0.717, 1.165) is 35.1 Å². The van der Waals surface area contributed by atoms with Crippen LogP contribution in [0.3, 0.4) is 0 Å². The van der Waals surface area contributed by atoms with Gasteiger partial charge in [0, 0.05) is 19.0 Å². The minimum atomic E-state index is 0.411. The summed E-state index contributed by atoms with van der Waals surface area (Å²) in [5.74, 6) is 2.07. The molecule has 2 heterocycles. The number of aromatic nitrogens is 1. The third-order valence-electron chi connectivity index (χ3n) is 4.69. The highest BCUT2D eigenvalue weighted by Crippen LogP contribution is 2.38. The molecule has 0 atom stereocenters. The smallest absolute Gasteiger partial charge is 0.374 e. The number of ether oxygens (including phenoxy) is 1. The Labute approximate surface area is 168 Å². The van der Waals surface area contributed by atoms with Crippen molar-refractivity contribution < 1.29 is 23.3 Å². The number of carbonyl (C=O) groups is 2. The molecule has 0 radical (unpaired) electrons. The minimum absolute atomic E-state index is 0.411. The van der Waals surface area contributed by atoms with Crippen LogP contribution in [0.25, 0.3) is 17.2 Å². The van der Waals surface area contributed by atoms with Gasteiger partial charge in [0.05, 0.1) is 18.2 Å². The van der Waals surface area contributed by atoms with Crippen LogP contribution in [0.2, 0.25) is 0 Å². The van der Waals surface area contributed by atoms with Crippen molar-refractivity contribution >= 4 is 35.4 Å². The molecule has 6 heteroatoms. The van der Waals surface area contributed by atoms with E-state index in [1.165, 1.54) is 0 Å². The van der Waals surface area contributed by atoms with Gasteiger partial charge in [0.25, 0.3) is 5.52 Å². The summed E-state index contributed by atoms with van der Waals surface area (Å²) >= 11 is 0. The molecule has 0 amide bonds. The van der Waals surface area contributed by atoms with Crippen LogP contribution in [0.5, 0.6) is 5.75 Å². The van der Waals surface area contributed by atoms with E-state index >= 15 is 0 Å². The topological polar surface area (TPSA) is 63.6 Å². The van der Waals surface area contributed by atoms with Crippen LogP contribution >= 0.6 is 0 Å². The van der Waals surface area contributed by atoms with E-state index in [1.807, 2.05) is 76.2 Å². The van der Waals surface area contributed by atoms with Crippen LogP contribution in [-0.4, -0.2) is 19.1 Å². The molecule has 146 valence electrons. The molecule has 0 saturated carbocycles. The fourth-order valence-electron chi connectivity index (χ4n) is 3.39. The number of aldehydes is 2. The van der Waals surface area contributed by atoms with Crippen molar-refractivity contribution in [1.29, 1.82) is 0 Å². The number of para-hydroxylation sites is 4. The van der Waals surface area contributed by atoms with Crippen molar-refractivity contribution in [2.75, 3.05) is 11.4 Å². The van der Waals surface area contributed by atoms with E-state index in [-0.39, 0.29) is 0 Å². The number of rotatable bonds is 8. The first-order valence-electron chi connectivity index (χ1n) is 9.53. The van der Waals surface area contributed by atoms with E-state index in [1.54, 1.807) is 0 Å². The number of fused-ring (bicyclic) bond motifs is 2. The third-order valence-corrected chi connectivity index (χ3v) is 4.69. The number of allylic oxidation sites excluding steroid dienone is 2. The maximum absolute atomic E-state index is 10.8. The zero-order chi connectivity index (χ0) is 20.1. The first-order valence-corrected chi connectivity index (χ1v) is 9.53. The number of oxazole rings is 1. The Morgan fingerprint density at radius 2 is 1.76 bits per heavy atom. The molecule has 29 heavy (non-hydrogen) atoms. The Balaban J connectivity index is 1.63. The standard InChI is InChI=1S/C23H21N2O4/c26-16-6-14-24-18-8-1-3-10-20(18)28-22(24)12-5-13-23-25(15-7-17-27)19-9-2-4-11-21(19)29-23/h1-5,8-13,16-17H,6-7,14-15H2/q+1. The summed E-state index contributed by atoms with van der Waals surface area (Å²) < 4.78 is 13.9. The van der Waals surface area contributed by atoms with Gasteiger partial charge in [-0.2, -0.15) is 4.57 Å². The molecule has 3 aromatic rings. The van der Waals surface area contributed by atoms with E-state index in [9.17, 15) is 9.59 Å². The number of nitrogens with zero attached hydrogens (tertiary/aromatic N) is 2. The van der Waals surface area contributed by atoms with Crippen molar-refractivity contribution in [3.63, 3.8) is 0 Å². The average Bonchev–Trinajstić information content (AvgIpc) is 3.28. The zero-order valence-corrected chi connectivity index (χ0v) is 15.9. The van der Waals surface area contributed by atoms with E-state index < -0.39 is 0 Å². The lowest BCUT2D eigenvalue weighted by molar-refractivity contribution is -0.676. The molecule has 0 fully saturated rings. The molecular formula is C23H21N2O4+. The van der Waals surface area contributed by atoms with E-state index in [0.29, 0.717) is 37.7 Å². The fourth-order valence-corrected chi connectivity index (χ4v) is 3.39. The highest BCUT2D eigenvalue weighted by Gasteiger charge is 2.25. The fraction of sp³-hybridized carbons (Fsp3) is 0.174. The van der Waals surface area contributed by atoms with Gasteiger partial charge < -0.3 is 23.6 Å². The Morgan fingerprint density at radius 1 is 0.966 bits per heavy atom. The number of benzene rings is 2. The Kier molecular flexibility index (Phi) is 5.52. The monoisotopic (exact) mass is 389 g/mol. The minimum Gasteiger partial charge on any atom is -0.439 e. The van der Waals surface area contributed by atoms with Crippen LogP contribution in [0.15, 0.2) is 71.0 Å². The molecule has 0 bridgehead atoms. The maximum Gasteiger partial charge on any atom is 0.374 e. The molecule has 6 nitrogen and oxygen atoms in total. The maximum atomic E-state index is 10.8. The van der Waals surface area contributed by atoms with Gasteiger partial charge in [-0.05, 0) is 30.4 Å². The summed E-state index contributed by atoms with van der Waals surface area (Å²) in [6.45, 7) is 1.09. The molecule has 1 aliphatic rings. The zero-order valence-electron chi connectivity index (χ0n) is 15.9. The number of anilines is 1. The van der Waals surface area contributed by atoms with Crippen molar-refractivity contribution in [2.24, 2.45) is 0 Å². The van der Waals surface area contributed by atoms with Gasteiger partial charge in [0.2, 0.25) is 11.5 Å². The molecule has 2 aromatic carbocycles. The van der Waals surface area contributed by atoms with Gasteiger partial charge in [-0.25, -0.2) is 0 Å². The summed E-state index contributed by atoms with van der Waals surface area (Å²) in [7, 11) is 0. The molecule has 4 rings (SSSR count). The Bertz CT molecular complexity index is 1100. The molecule has 1 aliphatic heterocycles. The van der Waals surface area contributed by atoms with E-state index in [4.69, 9.17) is 9.15 Å². The number of aryl methyl sites for hydroxylation is 1. The highest BCUT2D eigenvalue weighted by atomic mass is 16.5. The third kappa shape index (κ3) is 3.82. The predicted molar refractivity (Wildman–Crippen MR) is 109 cm³/mol. The molecular weight excluding hydrogens is 368 g/mol. The molecule has 1 aromatic heterocycles. The van der Waals surface area contributed by atoms with Crippen LogP contribution in [0.1, 0.15) is 18.7 Å². The summed E-state index contributed by atoms with van der Waals surface area (Å²) in [5, 5.41) is 0. The van der Waals surface area contributed by atoms with Crippen LogP contribution < -0.4 is 14.2 Å². The van der Waals surface area contributed by atoms with Crippen molar-refractivity contribution in [2.45, 2.75) is 19.4 Å². The summed E-state index contributed by atoms with van der Waals surface area (Å²) in [6, 6.07) is 15.5. The molecule has 0 aliphatic carbocycles. The number of hydrogen-bond donors (Lipinski definition) is 0. The SMILES string of the molecule is O=CCCN1/C(=C\C=C\c2oc3ccccc3[n+]2CCC=O)Oc2ccccc21. The first kappa shape index (κ1) is 18.7. The molecule has 0 N–H and O–H groups in total. The second-order valence-electron chi connectivity index (χ2n) is 6.56. The second kappa shape index (κ2) is 8.56. The van der Waals surface area contributed by atoms with Crippen molar-refractivity contribution in [3.05, 3.63) is 72.5 Å². The number of hydrogen-bond acceptors (Lipinski definition) is 5. The lowest BCUT2D eigenvalue weighted by Crippen LogP contribution is -2.35. The average molecular weight is 389 g/mol. The first-order chi connectivity index (χ1) is 14.3. The van der Waals surface area contributed by atoms with Crippen molar-refractivity contribution in [1.82, 2.24) is 0 Å². The van der Waals surface area contributed by atoms with Crippen LogP contribution in [0.4, 0.5) is 5.69 Å². The quantitative estimate of drug-likeness (QED) is 0.435. The Morgan fingerprint density at radius 3 is 2.62 bits per heavy atom. The lowest BCUT2D eigenvalue weighted by Gasteiger charge is -2.16. The highest BCUT2D eigenvalue weighted by molar-refractivity contribution is 5.70. The van der Waals surface area contributed by atoms with Crippen LogP contribution in [0, 0.1) is 0 Å². The summed E-state index contributed by atoms with van der Waals surface area (Å²) in [4.78, 5) is 23.7. The van der Waals surface area contributed by atoms with Gasteiger partial charge >= 0.3 is 5.89 Å². The van der Waals surface area contributed by atoms with Gasteiger partial charge in [0.1, 0.15) is 12.6 Å². The molecule has 0 saturated heterocycles. The van der Waals surface area contributed by atoms with Crippen molar-refractivity contribution in [3.8, 4) is 5.75 Å².